The van der Waals surface area contributed by atoms with Gasteiger partial charge in [-0.15, -0.1) is 0 Å². The van der Waals surface area contributed by atoms with Crippen molar-refractivity contribution in [3.05, 3.63) is 64.2 Å². The summed E-state index contributed by atoms with van der Waals surface area (Å²) in [7, 11) is 1.53. The molecular formula is C19H21ClO3. The molecule has 3 nitrogen and oxygen atoms in total. The van der Waals surface area contributed by atoms with Crippen LogP contribution in [0.15, 0.2) is 42.5 Å². The smallest absolute Gasteiger partial charge is 0.311 e. The second kappa shape index (κ2) is 7.51. The third kappa shape index (κ3) is 4.26. The van der Waals surface area contributed by atoms with Crippen LogP contribution in [0.5, 0.6) is 5.75 Å². The van der Waals surface area contributed by atoms with Crippen LogP contribution in [-0.2, 0) is 11.2 Å². The van der Waals surface area contributed by atoms with Crippen LogP contribution in [0.25, 0.3) is 0 Å². The van der Waals surface area contributed by atoms with Crippen molar-refractivity contribution < 1.29 is 14.6 Å². The Hall–Kier alpha value is -2.00. The first-order valence-electron chi connectivity index (χ1n) is 7.57. The highest BCUT2D eigenvalue weighted by Crippen LogP contribution is 2.30. The number of methoxy groups -OCH3 is 1. The summed E-state index contributed by atoms with van der Waals surface area (Å²) in [4.78, 5) is 11.7. The van der Waals surface area contributed by atoms with Gasteiger partial charge in [-0.1, -0.05) is 55.8 Å². The van der Waals surface area contributed by atoms with E-state index in [1.807, 2.05) is 12.1 Å². The molecule has 1 atom stereocenters. The van der Waals surface area contributed by atoms with Gasteiger partial charge in [0.25, 0.3) is 0 Å². The normalized spacial score (nSPS) is 12.2. The van der Waals surface area contributed by atoms with Crippen molar-refractivity contribution in [3.63, 3.8) is 0 Å². The minimum atomic E-state index is -0.862. The first kappa shape index (κ1) is 17.4. The standard InChI is InChI=1S/C19H21ClO3/c1-12(2)14-6-4-13(5-7-14)10-16(19(21)22)15-8-9-18(23-3)17(20)11-15/h4-9,11-12,16H,10H2,1-3H3,(H,21,22). The molecule has 0 aromatic heterocycles. The largest absolute Gasteiger partial charge is 0.495 e. The van der Waals surface area contributed by atoms with E-state index in [0.29, 0.717) is 28.7 Å². The molecule has 0 bridgehead atoms. The lowest BCUT2D eigenvalue weighted by Gasteiger charge is -2.15. The molecular weight excluding hydrogens is 312 g/mol. The van der Waals surface area contributed by atoms with Crippen LogP contribution in [0.4, 0.5) is 0 Å². The number of ether oxygens (including phenoxy) is 1. The van der Waals surface area contributed by atoms with Crippen LogP contribution < -0.4 is 4.74 Å². The first-order chi connectivity index (χ1) is 10.9. The molecule has 1 unspecified atom stereocenters. The van der Waals surface area contributed by atoms with E-state index in [-0.39, 0.29) is 0 Å². The van der Waals surface area contributed by atoms with E-state index in [9.17, 15) is 9.90 Å². The molecule has 1 N–H and O–H groups in total. The fourth-order valence-corrected chi connectivity index (χ4v) is 2.79. The molecule has 0 saturated heterocycles. The highest BCUT2D eigenvalue weighted by molar-refractivity contribution is 6.32. The maximum Gasteiger partial charge on any atom is 0.311 e. The fraction of sp³-hybridized carbons (Fsp3) is 0.316. The summed E-state index contributed by atoms with van der Waals surface area (Å²) >= 11 is 6.12. The topological polar surface area (TPSA) is 46.5 Å². The van der Waals surface area contributed by atoms with Crippen LogP contribution in [0.3, 0.4) is 0 Å². The predicted octanol–water partition coefficient (Wildman–Crippen LogP) is 4.88. The van der Waals surface area contributed by atoms with Crippen molar-refractivity contribution in [1.29, 1.82) is 0 Å². The van der Waals surface area contributed by atoms with Gasteiger partial charge in [0.2, 0.25) is 0 Å². The summed E-state index contributed by atoms with van der Waals surface area (Å²) in [6, 6.07) is 13.2. The molecule has 4 heteroatoms. The Balaban J connectivity index is 2.25. The van der Waals surface area contributed by atoms with Crippen LogP contribution in [0.1, 0.15) is 42.4 Å². The maximum atomic E-state index is 11.7. The quantitative estimate of drug-likeness (QED) is 0.819. The van der Waals surface area contributed by atoms with Gasteiger partial charge in [0.05, 0.1) is 18.1 Å². The number of halogens is 1. The molecule has 2 rings (SSSR count). The first-order valence-corrected chi connectivity index (χ1v) is 7.95. The lowest BCUT2D eigenvalue weighted by atomic mass is 9.91. The molecule has 2 aromatic rings. The highest BCUT2D eigenvalue weighted by atomic mass is 35.5. The summed E-state index contributed by atoms with van der Waals surface area (Å²) in [6.45, 7) is 4.27. The minimum absolute atomic E-state index is 0.423. The van der Waals surface area contributed by atoms with Gasteiger partial charge in [-0.2, -0.15) is 0 Å². The number of carbonyl (C=O) groups is 1. The van der Waals surface area contributed by atoms with Gasteiger partial charge in [0.1, 0.15) is 5.75 Å². The summed E-state index contributed by atoms with van der Waals surface area (Å²) in [6.07, 6.45) is 0.427. The number of hydrogen-bond acceptors (Lipinski definition) is 2. The average molecular weight is 333 g/mol. The van der Waals surface area contributed by atoms with Gasteiger partial charge in [-0.25, -0.2) is 0 Å². The van der Waals surface area contributed by atoms with Gasteiger partial charge in [0.15, 0.2) is 0 Å². The lowest BCUT2D eigenvalue weighted by Crippen LogP contribution is -2.14. The minimum Gasteiger partial charge on any atom is -0.495 e. The monoisotopic (exact) mass is 332 g/mol. The number of carboxylic acid groups (broad SMARTS) is 1. The number of benzene rings is 2. The molecule has 0 amide bonds. The van der Waals surface area contributed by atoms with E-state index in [1.54, 1.807) is 18.2 Å². The zero-order valence-electron chi connectivity index (χ0n) is 13.5. The van der Waals surface area contributed by atoms with E-state index in [0.717, 1.165) is 5.56 Å². The number of carboxylic acids is 1. The van der Waals surface area contributed by atoms with Crippen molar-refractivity contribution >= 4 is 17.6 Å². The average Bonchev–Trinajstić information content (AvgIpc) is 2.52. The SMILES string of the molecule is COc1ccc(C(Cc2ccc(C(C)C)cc2)C(=O)O)cc1Cl. The summed E-state index contributed by atoms with van der Waals surface area (Å²) < 4.78 is 5.11. The van der Waals surface area contributed by atoms with Gasteiger partial charge in [0, 0.05) is 0 Å². The van der Waals surface area contributed by atoms with Crippen LogP contribution in [-0.4, -0.2) is 18.2 Å². The Morgan fingerprint density at radius 1 is 1.13 bits per heavy atom. The lowest BCUT2D eigenvalue weighted by molar-refractivity contribution is -0.138. The third-order valence-corrected chi connectivity index (χ3v) is 4.26. The van der Waals surface area contributed by atoms with E-state index < -0.39 is 11.9 Å². The predicted molar refractivity (Wildman–Crippen MR) is 92.6 cm³/mol. The van der Waals surface area contributed by atoms with Gasteiger partial charge in [-0.3, -0.25) is 4.79 Å². The fourth-order valence-electron chi connectivity index (χ4n) is 2.52. The van der Waals surface area contributed by atoms with E-state index >= 15 is 0 Å². The Bertz CT molecular complexity index is 678. The van der Waals surface area contributed by atoms with E-state index in [1.165, 1.54) is 12.7 Å². The Kier molecular flexibility index (Phi) is 5.67. The molecule has 0 radical (unpaired) electrons. The van der Waals surface area contributed by atoms with Gasteiger partial charge in [-0.05, 0) is 41.2 Å². The molecule has 122 valence electrons. The van der Waals surface area contributed by atoms with E-state index in [2.05, 4.69) is 26.0 Å². The van der Waals surface area contributed by atoms with Crippen molar-refractivity contribution in [1.82, 2.24) is 0 Å². The molecule has 0 aliphatic rings. The molecule has 2 aromatic carbocycles. The molecule has 0 aliphatic heterocycles. The zero-order chi connectivity index (χ0) is 17.0. The summed E-state index contributed by atoms with van der Waals surface area (Å²) in [5, 5.41) is 10.00. The van der Waals surface area contributed by atoms with Crippen LogP contribution in [0, 0.1) is 0 Å². The van der Waals surface area contributed by atoms with Crippen molar-refractivity contribution in [2.75, 3.05) is 7.11 Å². The highest BCUT2D eigenvalue weighted by Gasteiger charge is 2.21. The zero-order valence-corrected chi connectivity index (χ0v) is 14.3. The number of aliphatic carboxylic acids is 1. The number of hydrogen-bond donors (Lipinski definition) is 1. The summed E-state index contributed by atoms with van der Waals surface area (Å²) in [5.41, 5.74) is 2.91. The molecule has 23 heavy (non-hydrogen) atoms. The third-order valence-electron chi connectivity index (χ3n) is 3.96. The number of rotatable bonds is 6. The van der Waals surface area contributed by atoms with E-state index in [4.69, 9.17) is 16.3 Å². The second-order valence-electron chi connectivity index (χ2n) is 5.89. The van der Waals surface area contributed by atoms with Gasteiger partial charge < -0.3 is 9.84 Å². The van der Waals surface area contributed by atoms with Crippen LogP contribution >= 0.6 is 11.6 Å². The molecule has 0 fully saturated rings. The molecule has 0 aliphatic carbocycles. The molecule has 0 saturated carbocycles. The van der Waals surface area contributed by atoms with Crippen molar-refractivity contribution in [2.24, 2.45) is 0 Å². The van der Waals surface area contributed by atoms with Crippen molar-refractivity contribution in [2.45, 2.75) is 32.1 Å². The van der Waals surface area contributed by atoms with Crippen LogP contribution in [0.2, 0.25) is 5.02 Å². The summed E-state index contributed by atoms with van der Waals surface area (Å²) in [5.74, 6) is -0.497. The Labute approximate surface area is 141 Å². The van der Waals surface area contributed by atoms with Gasteiger partial charge >= 0.3 is 5.97 Å². The second-order valence-corrected chi connectivity index (χ2v) is 6.29. The molecule has 0 spiro atoms. The maximum absolute atomic E-state index is 11.7. The Morgan fingerprint density at radius 2 is 1.74 bits per heavy atom. The van der Waals surface area contributed by atoms with Crippen molar-refractivity contribution in [3.8, 4) is 5.75 Å². The Morgan fingerprint density at radius 3 is 2.22 bits per heavy atom. The molecule has 0 heterocycles.